The van der Waals surface area contributed by atoms with Gasteiger partial charge in [0.1, 0.15) is 17.9 Å². The Bertz CT molecular complexity index is 1110. The summed E-state index contributed by atoms with van der Waals surface area (Å²) in [4.78, 5) is 28.4. The van der Waals surface area contributed by atoms with Gasteiger partial charge in [0.05, 0.1) is 18.1 Å². The van der Waals surface area contributed by atoms with Crippen molar-refractivity contribution in [3.05, 3.63) is 58.1 Å². The van der Waals surface area contributed by atoms with E-state index in [4.69, 9.17) is 9.47 Å². The zero-order valence-corrected chi connectivity index (χ0v) is 20.4. The van der Waals surface area contributed by atoms with E-state index >= 15 is 0 Å². The van der Waals surface area contributed by atoms with Crippen molar-refractivity contribution in [2.75, 3.05) is 62.8 Å². The molecule has 2 aliphatic heterocycles. The topological polar surface area (TPSA) is 88.4 Å². The van der Waals surface area contributed by atoms with Gasteiger partial charge < -0.3 is 24.2 Å². The highest BCUT2D eigenvalue weighted by Crippen LogP contribution is 2.38. The van der Waals surface area contributed by atoms with Crippen LogP contribution in [0.15, 0.2) is 42.5 Å². The SMILES string of the molecule is C.COc1cccc(N2CCN(C(=O)COC3CCN(c4ccc([N+](=O)[O-])c(C(F)(F)F)c4)CC3)CC2)c1. The summed E-state index contributed by atoms with van der Waals surface area (Å²) >= 11 is 0. The predicted molar refractivity (Wildman–Crippen MR) is 138 cm³/mol. The number of ether oxygens (including phenoxy) is 2. The van der Waals surface area contributed by atoms with Gasteiger partial charge in [-0.25, -0.2) is 0 Å². The number of alkyl halides is 3. The zero-order valence-electron chi connectivity index (χ0n) is 20.4. The molecule has 4 rings (SSSR count). The lowest BCUT2D eigenvalue weighted by Gasteiger charge is -2.37. The average Bonchev–Trinajstić information content (AvgIpc) is 2.91. The summed E-state index contributed by atoms with van der Waals surface area (Å²) in [5, 5.41) is 11.0. The number of anilines is 2. The summed E-state index contributed by atoms with van der Waals surface area (Å²) in [7, 11) is 1.62. The number of nitrogens with zero attached hydrogens (tertiary/aromatic N) is 4. The number of benzene rings is 2. The standard InChI is InChI=1S/C25H29F3N4O5.CH4/c1-36-21-4-2-3-18(15-21)30-11-13-31(14-12-30)24(33)17-37-20-7-9-29(10-8-20)19-5-6-23(32(34)35)22(16-19)25(26,27)28;/h2-6,15-16,20H,7-14,17H2,1H3;1H4. The van der Waals surface area contributed by atoms with Crippen LogP contribution < -0.4 is 14.5 Å². The molecule has 38 heavy (non-hydrogen) atoms. The number of carbonyl (C=O) groups excluding carboxylic acids is 1. The van der Waals surface area contributed by atoms with Gasteiger partial charge in [-0.2, -0.15) is 13.2 Å². The molecule has 0 atom stereocenters. The molecule has 0 radical (unpaired) electrons. The first-order valence-corrected chi connectivity index (χ1v) is 12.0. The van der Waals surface area contributed by atoms with Crippen molar-refractivity contribution >= 4 is 23.0 Å². The van der Waals surface area contributed by atoms with Crippen molar-refractivity contribution in [1.82, 2.24) is 4.90 Å². The Labute approximate surface area is 219 Å². The molecule has 0 unspecified atom stereocenters. The first kappa shape index (κ1) is 29.0. The van der Waals surface area contributed by atoms with Crippen molar-refractivity contribution in [2.24, 2.45) is 0 Å². The van der Waals surface area contributed by atoms with Crippen molar-refractivity contribution in [1.29, 1.82) is 0 Å². The number of amides is 1. The first-order valence-electron chi connectivity index (χ1n) is 12.0. The molecule has 1 amide bonds. The quantitative estimate of drug-likeness (QED) is 0.376. The van der Waals surface area contributed by atoms with E-state index in [-0.39, 0.29) is 31.7 Å². The normalized spacial score (nSPS) is 16.7. The maximum Gasteiger partial charge on any atom is 0.423 e. The Kier molecular flexibility index (Phi) is 9.42. The summed E-state index contributed by atoms with van der Waals surface area (Å²) in [6.07, 6.45) is -3.93. The Morgan fingerprint density at radius 1 is 1.00 bits per heavy atom. The lowest BCUT2D eigenvalue weighted by Crippen LogP contribution is -2.50. The van der Waals surface area contributed by atoms with Crippen molar-refractivity contribution in [3.8, 4) is 5.75 Å². The zero-order chi connectivity index (χ0) is 26.6. The molecule has 2 aromatic rings. The molecular formula is C26H33F3N4O5. The third-order valence-electron chi connectivity index (χ3n) is 6.78. The maximum absolute atomic E-state index is 13.3. The number of rotatable bonds is 7. The minimum Gasteiger partial charge on any atom is -0.497 e. The monoisotopic (exact) mass is 538 g/mol. The van der Waals surface area contributed by atoms with Crippen LogP contribution in [0.25, 0.3) is 0 Å². The molecule has 0 bridgehead atoms. The van der Waals surface area contributed by atoms with Gasteiger partial charge in [0.15, 0.2) is 0 Å². The van der Waals surface area contributed by atoms with Gasteiger partial charge in [-0.05, 0) is 37.1 Å². The van der Waals surface area contributed by atoms with Gasteiger partial charge in [-0.15, -0.1) is 0 Å². The number of carbonyl (C=O) groups is 1. The number of hydrogen-bond acceptors (Lipinski definition) is 7. The third kappa shape index (κ3) is 6.85. The summed E-state index contributed by atoms with van der Waals surface area (Å²) in [5.74, 6) is 0.697. The van der Waals surface area contributed by atoms with Crippen molar-refractivity contribution in [2.45, 2.75) is 32.5 Å². The number of methoxy groups -OCH3 is 1. The van der Waals surface area contributed by atoms with Crippen LogP contribution in [0.5, 0.6) is 5.75 Å². The van der Waals surface area contributed by atoms with Crippen LogP contribution in [0.2, 0.25) is 0 Å². The fourth-order valence-electron chi connectivity index (χ4n) is 4.69. The van der Waals surface area contributed by atoms with Crippen LogP contribution in [0, 0.1) is 10.1 Å². The van der Waals surface area contributed by atoms with E-state index in [9.17, 15) is 28.1 Å². The molecule has 2 heterocycles. The molecule has 0 aromatic heterocycles. The lowest BCUT2D eigenvalue weighted by atomic mass is 10.1. The number of nitro groups is 1. The second kappa shape index (κ2) is 12.3. The summed E-state index contributed by atoms with van der Waals surface area (Å²) in [5.41, 5.74) is -0.894. The van der Waals surface area contributed by atoms with Crippen LogP contribution in [0.3, 0.4) is 0 Å². The molecule has 12 heteroatoms. The lowest BCUT2D eigenvalue weighted by molar-refractivity contribution is -0.388. The smallest absolute Gasteiger partial charge is 0.423 e. The number of halogens is 3. The summed E-state index contributed by atoms with van der Waals surface area (Å²) in [6, 6.07) is 10.9. The third-order valence-corrected chi connectivity index (χ3v) is 6.78. The van der Waals surface area contributed by atoms with E-state index < -0.39 is 22.4 Å². The molecular weight excluding hydrogens is 505 g/mol. The van der Waals surface area contributed by atoms with E-state index in [1.807, 2.05) is 24.3 Å². The molecule has 208 valence electrons. The second-order valence-electron chi connectivity index (χ2n) is 9.02. The molecule has 0 aliphatic carbocycles. The molecule has 9 nitrogen and oxygen atoms in total. The van der Waals surface area contributed by atoms with Crippen LogP contribution >= 0.6 is 0 Å². The van der Waals surface area contributed by atoms with E-state index in [1.54, 1.807) is 16.9 Å². The Balaban J connectivity index is 0.00000400. The largest absolute Gasteiger partial charge is 0.497 e. The molecule has 2 aromatic carbocycles. The highest BCUT2D eigenvalue weighted by molar-refractivity contribution is 5.77. The van der Waals surface area contributed by atoms with Gasteiger partial charge in [-0.1, -0.05) is 13.5 Å². The number of nitro benzene ring substituents is 1. The number of piperidine rings is 1. The Hall–Kier alpha value is -3.54. The van der Waals surface area contributed by atoms with Crippen LogP contribution in [0.4, 0.5) is 30.2 Å². The van der Waals surface area contributed by atoms with E-state index in [0.717, 1.165) is 23.6 Å². The van der Waals surface area contributed by atoms with Gasteiger partial charge in [-0.3, -0.25) is 14.9 Å². The number of piperazine rings is 1. The molecule has 2 aliphatic rings. The van der Waals surface area contributed by atoms with Crippen LogP contribution in [-0.2, 0) is 15.7 Å². The van der Waals surface area contributed by atoms with Crippen molar-refractivity contribution in [3.63, 3.8) is 0 Å². The molecule has 0 saturated carbocycles. The highest BCUT2D eigenvalue weighted by Gasteiger charge is 2.39. The fourth-order valence-corrected chi connectivity index (χ4v) is 4.69. The van der Waals surface area contributed by atoms with Gasteiger partial charge in [0.2, 0.25) is 5.91 Å². The molecule has 0 spiro atoms. The van der Waals surface area contributed by atoms with Crippen LogP contribution in [0.1, 0.15) is 25.8 Å². The maximum atomic E-state index is 13.3. The minimum absolute atomic E-state index is 0. The first-order chi connectivity index (χ1) is 17.7. The predicted octanol–water partition coefficient (Wildman–Crippen LogP) is 4.59. The summed E-state index contributed by atoms with van der Waals surface area (Å²) in [6.45, 7) is 3.37. The van der Waals surface area contributed by atoms with E-state index in [0.29, 0.717) is 52.1 Å². The van der Waals surface area contributed by atoms with Crippen LogP contribution in [-0.4, -0.2) is 74.8 Å². The van der Waals surface area contributed by atoms with Gasteiger partial charge >= 0.3 is 6.18 Å². The highest BCUT2D eigenvalue weighted by atomic mass is 19.4. The van der Waals surface area contributed by atoms with E-state index in [2.05, 4.69) is 4.90 Å². The van der Waals surface area contributed by atoms with Gasteiger partial charge in [0, 0.05) is 62.8 Å². The molecule has 2 fully saturated rings. The molecule has 0 N–H and O–H groups in total. The average molecular weight is 539 g/mol. The summed E-state index contributed by atoms with van der Waals surface area (Å²) < 4.78 is 51.0. The Morgan fingerprint density at radius 2 is 1.63 bits per heavy atom. The minimum atomic E-state index is -4.82. The number of hydrogen-bond donors (Lipinski definition) is 0. The second-order valence-corrected chi connectivity index (χ2v) is 9.02. The molecule has 2 saturated heterocycles. The van der Waals surface area contributed by atoms with E-state index in [1.165, 1.54) is 6.07 Å². The fraction of sp³-hybridized carbons (Fsp3) is 0.500. The van der Waals surface area contributed by atoms with Gasteiger partial charge in [0.25, 0.3) is 5.69 Å². The Morgan fingerprint density at radius 3 is 2.24 bits per heavy atom. The van der Waals surface area contributed by atoms with Crippen molar-refractivity contribution < 1.29 is 32.4 Å².